The van der Waals surface area contributed by atoms with Gasteiger partial charge in [-0.2, -0.15) is 0 Å². The van der Waals surface area contributed by atoms with E-state index in [-0.39, 0.29) is 31.1 Å². The van der Waals surface area contributed by atoms with Crippen LogP contribution in [0.4, 0.5) is 5.69 Å². The van der Waals surface area contributed by atoms with Crippen molar-refractivity contribution in [1.82, 2.24) is 5.32 Å². The van der Waals surface area contributed by atoms with Crippen LogP contribution in [0.5, 0.6) is 11.5 Å². The molecule has 0 saturated carbocycles. The zero-order chi connectivity index (χ0) is 17.6. The molecule has 6 heteroatoms. The summed E-state index contributed by atoms with van der Waals surface area (Å²) in [5, 5.41) is 5.37. The van der Waals surface area contributed by atoms with Gasteiger partial charge in [0.1, 0.15) is 0 Å². The first-order valence-electron chi connectivity index (χ1n) is 8.13. The second-order valence-corrected chi connectivity index (χ2v) is 5.91. The first kappa shape index (κ1) is 16.8. The van der Waals surface area contributed by atoms with E-state index in [1.165, 1.54) is 0 Å². The summed E-state index contributed by atoms with van der Waals surface area (Å²) in [7, 11) is 0. The van der Waals surface area contributed by atoms with Crippen LogP contribution in [0, 0.1) is 0 Å². The standard InChI is InChI=1S/C19H20N2O4/c1-13(14-5-3-2-4-6-14)9-18(22)20-11-19(23)21-15-7-8-16-17(10-15)25-12-24-16/h2-8,10,13H,9,11-12H2,1H3,(H,20,22)(H,21,23). The number of ether oxygens (including phenoxy) is 2. The van der Waals surface area contributed by atoms with Crippen molar-refractivity contribution in [3.63, 3.8) is 0 Å². The highest BCUT2D eigenvalue weighted by atomic mass is 16.7. The lowest BCUT2D eigenvalue weighted by atomic mass is 9.98. The maximum atomic E-state index is 12.0. The van der Waals surface area contributed by atoms with Gasteiger partial charge in [0, 0.05) is 18.2 Å². The lowest BCUT2D eigenvalue weighted by Crippen LogP contribution is -2.33. The van der Waals surface area contributed by atoms with Gasteiger partial charge in [0.2, 0.25) is 18.6 Å². The summed E-state index contributed by atoms with van der Waals surface area (Å²) >= 11 is 0. The monoisotopic (exact) mass is 340 g/mol. The van der Waals surface area contributed by atoms with Crippen molar-refractivity contribution in [3.05, 3.63) is 54.1 Å². The topological polar surface area (TPSA) is 76.7 Å². The van der Waals surface area contributed by atoms with E-state index >= 15 is 0 Å². The maximum Gasteiger partial charge on any atom is 0.243 e. The highest BCUT2D eigenvalue weighted by Gasteiger charge is 2.15. The molecule has 2 aromatic carbocycles. The Bertz CT molecular complexity index is 761. The Kier molecular flexibility index (Phi) is 5.18. The normalized spacial score (nSPS) is 13.2. The summed E-state index contributed by atoms with van der Waals surface area (Å²) in [5.41, 5.74) is 1.70. The van der Waals surface area contributed by atoms with Gasteiger partial charge in [-0.05, 0) is 23.6 Å². The molecule has 0 radical (unpaired) electrons. The number of amides is 2. The first-order valence-corrected chi connectivity index (χ1v) is 8.13. The fourth-order valence-corrected chi connectivity index (χ4v) is 2.61. The zero-order valence-electron chi connectivity index (χ0n) is 14.0. The number of hydrogen-bond donors (Lipinski definition) is 2. The zero-order valence-corrected chi connectivity index (χ0v) is 14.0. The van der Waals surface area contributed by atoms with Gasteiger partial charge in [0.05, 0.1) is 6.54 Å². The molecule has 0 aliphatic carbocycles. The predicted molar refractivity (Wildman–Crippen MR) is 93.7 cm³/mol. The number of fused-ring (bicyclic) bond motifs is 1. The molecule has 1 aliphatic heterocycles. The number of carbonyl (C=O) groups excluding carboxylic acids is 2. The van der Waals surface area contributed by atoms with Gasteiger partial charge in [-0.15, -0.1) is 0 Å². The van der Waals surface area contributed by atoms with E-state index in [9.17, 15) is 9.59 Å². The summed E-state index contributed by atoms with van der Waals surface area (Å²) in [6.07, 6.45) is 0.335. The van der Waals surface area contributed by atoms with Gasteiger partial charge in [0.15, 0.2) is 11.5 Å². The number of hydrogen-bond acceptors (Lipinski definition) is 4. The molecule has 3 rings (SSSR count). The molecule has 0 fully saturated rings. The van der Waals surface area contributed by atoms with Crippen LogP contribution in [-0.2, 0) is 9.59 Å². The molecule has 1 unspecified atom stereocenters. The fourth-order valence-electron chi connectivity index (χ4n) is 2.61. The summed E-state index contributed by atoms with van der Waals surface area (Å²) < 4.78 is 10.5. The smallest absolute Gasteiger partial charge is 0.243 e. The Labute approximate surface area is 146 Å². The Hall–Kier alpha value is -3.02. The molecule has 0 bridgehead atoms. The van der Waals surface area contributed by atoms with Crippen LogP contribution in [0.3, 0.4) is 0 Å². The molecule has 0 spiro atoms. The van der Waals surface area contributed by atoms with E-state index in [1.54, 1.807) is 18.2 Å². The van der Waals surface area contributed by atoms with Crippen LogP contribution in [0.1, 0.15) is 24.8 Å². The van der Waals surface area contributed by atoms with Crippen LogP contribution in [-0.4, -0.2) is 25.2 Å². The van der Waals surface area contributed by atoms with Crippen molar-refractivity contribution in [2.45, 2.75) is 19.3 Å². The van der Waals surface area contributed by atoms with Crippen LogP contribution < -0.4 is 20.1 Å². The highest BCUT2D eigenvalue weighted by Crippen LogP contribution is 2.34. The minimum absolute atomic E-state index is 0.0746. The third-order valence-corrected chi connectivity index (χ3v) is 3.96. The summed E-state index contributed by atoms with van der Waals surface area (Å²) in [6, 6.07) is 15.0. The minimum Gasteiger partial charge on any atom is -0.454 e. The lowest BCUT2D eigenvalue weighted by Gasteiger charge is -2.12. The van der Waals surface area contributed by atoms with E-state index < -0.39 is 0 Å². The highest BCUT2D eigenvalue weighted by molar-refractivity contribution is 5.94. The van der Waals surface area contributed by atoms with Gasteiger partial charge in [0.25, 0.3) is 0 Å². The second-order valence-electron chi connectivity index (χ2n) is 5.91. The molecular weight excluding hydrogens is 320 g/mol. The molecule has 1 heterocycles. The SMILES string of the molecule is CC(CC(=O)NCC(=O)Nc1ccc2c(c1)OCO2)c1ccccc1. The molecule has 0 saturated heterocycles. The van der Waals surface area contributed by atoms with Crippen molar-refractivity contribution in [1.29, 1.82) is 0 Å². The molecule has 2 amide bonds. The molecule has 25 heavy (non-hydrogen) atoms. The van der Waals surface area contributed by atoms with Crippen molar-refractivity contribution < 1.29 is 19.1 Å². The average Bonchev–Trinajstić information content (AvgIpc) is 3.08. The Morgan fingerprint density at radius 3 is 2.60 bits per heavy atom. The van der Waals surface area contributed by atoms with Crippen LogP contribution >= 0.6 is 0 Å². The first-order chi connectivity index (χ1) is 12.1. The molecule has 1 aliphatic rings. The molecule has 1 atom stereocenters. The van der Waals surface area contributed by atoms with Gasteiger partial charge in [-0.25, -0.2) is 0 Å². The van der Waals surface area contributed by atoms with E-state index in [0.29, 0.717) is 23.6 Å². The maximum absolute atomic E-state index is 12.0. The van der Waals surface area contributed by atoms with Gasteiger partial charge in [-0.1, -0.05) is 37.3 Å². The van der Waals surface area contributed by atoms with Crippen molar-refractivity contribution in [2.24, 2.45) is 0 Å². The number of anilines is 1. The average molecular weight is 340 g/mol. The number of rotatable bonds is 6. The quantitative estimate of drug-likeness (QED) is 0.848. The third-order valence-electron chi connectivity index (χ3n) is 3.96. The van der Waals surface area contributed by atoms with Gasteiger partial charge < -0.3 is 20.1 Å². The number of carbonyl (C=O) groups is 2. The number of benzene rings is 2. The van der Waals surface area contributed by atoms with E-state index in [4.69, 9.17) is 9.47 Å². The van der Waals surface area contributed by atoms with Crippen LogP contribution in [0.15, 0.2) is 48.5 Å². The van der Waals surface area contributed by atoms with Crippen LogP contribution in [0.25, 0.3) is 0 Å². The minimum atomic E-state index is -0.292. The fraction of sp³-hybridized carbons (Fsp3) is 0.263. The second kappa shape index (κ2) is 7.70. The van der Waals surface area contributed by atoms with Crippen molar-refractivity contribution in [2.75, 3.05) is 18.7 Å². The van der Waals surface area contributed by atoms with Crippen molar-refractivity contribution in [3.8, 4) is 11.5 Å². The molecule has 2 N–H and O–H groups in total. The van der Waals surface area contributed by atoms with Crippen LogP contribution in [0.2, 0.25) is 0 Å². The van der Waals surface area contributed by atoms with E-state index in [0.717, 1.165) is 5.56 Å². The summed E-state index contributed by atoms with van der Waals surface area (Å²) in [4.78, 5) is 24.0. The summed E-state index contributed by atoms with van der Waals surface area (Å²) in [5.74, 6) is 0.898. The van der Waals surface area contributed by atoms with E-state index in [1.807, 2.05) is 37.3 Å². The number of nitrogens with one attached hydrogen (secondary N) is 2. The molecule has 130 valence electrons. The van der Waals surface area contributed by atoms with Crippen molar-refractivity contribution >= 4 is 17.5 Å². The van der Waals surface area contributed by atoms with Gasteiger partial charge in [-0.3, -0.25) is 9.59 Å². The van der Waals surface area contributed by atoms with Gasteiger partial charge >= 0.3 is 0 Å². The lowest BCUT2D eigenvalue weighted by molar-refractivity contribution is -0.124. The Balaban J connectivity index is 1.45. The molecule has 2 aromatic rings. The molecule has 6 nitrogen and oxygen atoms in total. The predicted octanol–water partition coefficient (Wildman–Crippen LogP) is 2.66. The summed E-state index contributed by atoms with van der Waals surface area (Å²) in [6.45, 7) is 2.10. The molecule has 0 aromatic heterocycles. The Morgan fingerprint density at radius 1 is 1.04 bits per heavy atom. The van der Waals surface area contributed by atoms with E-state index in [2.05, 4.69) is 10.6 Å². The Morgan fingerprint density at radius 2 is 1.80 bits per heavy atom. The third kappa shape index (κ3) is 4.50. The molecular formula is C19H20N2O4. The largest absolute Gasteiger partial charge is 0.454 e.